The minimum Gasteiger partial charge on any atom is -0.504 e. The maximum absolute atomic E-state index is 11.9. The van der Waals surface area contributed by atoms with Crippen LogP contribution in [0.25, 0.3) is 12.2 Å². The van der Waals surface area contributed by atoms with Crippen LogP contribution in [-0.4, -0.2) is 26.9 Å². The number of phenolic OH excluding ortho intramolecular Hbond substituents is 3. The Morgan fingerprint density at radius 1 is 0.846 bits per heavy atom. The predicted molar refractivity (Wildman–Crippen MR) is 105 cm³/mol. The summed E-state index contributed by atoms with van der Waals surface area (Å²) in [6.07, 6.45) is 5.19. The molecule has 0 aromatic heterocycles. The summed E-state index contributed by atoms with van der Waals surface area (Å²) in [5.41, 5.74) is 1.16. The molecule has 6 nitrogen and oxygen atoms in total. The number of aromatic hydroxyl groups is 3. The van der Waals surface area contributed by atoms with Crippen molar-refractivity contribution in [3.8, 4) is 23.0 Å². The molecular weight excluding hydrogens is 451 g/mol. The summed E-state index contributed by atoms with van der Waals surface area (Å²) in [4.78, 5) is 23.7. The van der Waals surface area contributed by atoms with Gasteiger partial charge in [-0.05, 0) is 47.5 Å². The third kappa shape index (κ3) is 5.62. The van der Waals surface area contributed by atoms with E-state index in [0.717, 1.165) is 0 Å². The number of allylic oxidation sites excluding steroid dienone is 2. The van der Waals surface area contributed by atoms with Gasteiger partial charge >= 0.3 is 0 Å². The van der Waals surface area contributed by atoms with Crippen molar-refractivity contribution in [2.45, 2.75) is 6.42 Å². The van der Waals surface area contributed by atoms with Crippen LogP contribution in [0.2, 0.25) is 0 Å². The molecule has 2 aromatic carbocycles. The Bertz CT molecular complexity index is 886. The first-order chi connectivity index (χ1) is 12.4. The van der Waals surface area contributed by atoms with Crippen LogP contribution in [0.15, 0.2) is 48.6 Å². The molecule has 0 fully saturated rings. The van der Waals surface area contributed by atoms with Crippen LogP contribution in [0.3, 0.4) is 0 Å². The van der Waals surface area contributed by atoms with Crippen molar-refractivity contribution in [1.82, 2.24) is 0 Å². The van der Waals surface area contributed by atoms with Crippen molar-refractivity contribution in [3.05, 3.63) is 59.7 Å². The Morgan fingerprint density at radius 2 is 1.38 bits per heavy atom. The van der Waals surface area contributed by atoms with Gasteiger partial charge in [-0.1, -0.05) is 24.3 Å². The van der Waals surface area contributed by atoms with Gasteiger partial charge in [0, 0.05) is 0 Å². The molecule has 0 unspecified atom stereocenters. The van der Waals surface area contributed by atoms with Crippen molar-refractivity contribution in [3.63, 3.8) is 0 Å². The van der Waals surface area contributed by atoms with Gasteiger partial charge in [-0.25, -0.2) is 0 Å². The number of phenols is 3. The Morgan fingerprint density at radius 3 is 1.92 bits per heavy atom. The van der Waals surface area contributed by atoms with Crippen LogP contribution in [0.5, 0.6) is 23.0 Å². The Hall–Kier alpha value is -2.81. The molecular formula is C19H15IO6. The summed E-state index contributed by atoms with van der Waals surface area (Å²) in [7, 11) is 0. The number of benzene rings is 2. The number of carbonyl (C=O) groups excluding carboxylic acids is 2. The van der Waals surface area contributed by atoms with Crippen molar-refractivity contribution < 1.29 is 28.0 Å². The lowest BCUT2D eigenvalue weighted by atomic mass is 10.1. The monoisotopic (exact) mass is 466 g/mol. The first-order valence-corrected chi connectivity index (χ1v) is 8.32. The minimum atomic E-state index is -0.394. The maximum Gasteiger partial charge on any atom is 0.192 e. The second-order valence-electron chi connectivity index (χ2n) is 5.33. The highest BCUT2D eigenvalue weighted by atomic mass is 127. The molecule has 26 heavy (non-hydrogen) atoms. The number of hydrogen-bond acceptors (Lipinski definition) is 6. The fourth-order valence-electron chi connectivity index (χ4n) is 2.01. The van der Waals surface area contributed by atoms with E-state index in [2.05, 4.69) is 0 Å². The van der Waals surface area contributed by atoms with Gasteiger partial charge in [-0.3, -0.25) is 9.59 Å². The molecule has 0 saturated heterocycles. The van der Waals surface area contributed by atoms with Gasteiger partial charge in [-0.15, -0.1) is 0 Å². The fraction of sp³-hybridized carbons (Fsp3) is 0.0526. The summed E-state index contributed by atoms with van der Waals surface area (Å²) in [6, 6.07) is 8.75. The van der Waals surface area contributed by atoms with E-state index in [1.807, 2.05) is 0 Å². The number of carbonyl (C=O) groups is 2. The smallest absolute Gasteiger partial charge is 0.192 e. The van der Waals surface area contributed by atoms with E-state index in [0.29, 0.717) is 11.1 Å². The van der Waals surface area contributed by atoms with E-state index in [9.17, 15) is 24.9 Å². The SMILES string of the molecule is O=C(/C=C/c1ccc(O)c(O)c1)CC(=O)/C=C/c1ccc(O)c(OI)c1. The maximum atomic E-state index is 11.9. The zero-order chi connectivity index (χ0) is 19.1. The van der Waals surface area contributed by atoms with E-state index in [-0.39, 0.29) is 35.2 Å². The van der Waals surface area contributed by atoms with Crippen molar-refractivity contribution >= 4 is 46.7 Å². The Balaban J connectivity index is 1.95. The highest BCUT2D eigenvalue weighted by molar-refractivity contribution is 14.1. The lowest BCUT2D eigenvalue weighted by molar-refractivity contribution is -0.121. The van der Waals surface area contributed by atoms with Crippen molar-refractivity contribution in [2.75, 3.05) is 0 Å². The first-order valence-electron chi connectivity index (χ1n) is 7.44. The molecule has 0 aliphatic carbocycles. The van der Waals surface area contributed by atoms with Gasteiger partial charge in [0.15, 0.2) is 57.6 Å². The zero-order valence-electron chi connectivity index (χ0n) is 13.4. The molecule has 0 heterocycles. The van der Waals surface area contributed by atoms with Crippen LogP contribution in [0.1, 0.15) is 17.5 Å². The average Bonchev–Trinajstić information content (AvgIpc) is 2.62. The predicted octanol–water partition coefficient (Wildman–Crippen LogP) is 3.79. The van der Waals surface area contributed by atoms with Gasteiger partial charge in [0.1, 0.15) is 0 Å². The van der Waals surface area contributed by atoms with Crippen LogP contribution in [0.4, 0.5) is 0 Å². The van der Waals surface area contributed by atoms with Crippen LogP contribution < -0.4 is 3.07 Å². The first kappa shape index (κ1) is 19.5. The third-order valence-corrected chi connectivity index (χ3v) is 3.81. The van der Waals surface area contributed by atoms with E-state index in [4.69, 9.17) is 3.07 Å². The van der Waals surface area contributed by atoms with Crippen LogP contribution >= 0.6 is 23.0 Å². The molecule has 3 N–H and O–H groups in total. The van der Waals surface area contributed by atoms with Crippen LogP contribution in [-0.2, 0) is 9.59 Å². The molecule has 0 aliphatic rings. The van der Waals surface area contributed by atoms with E-state index >= 15 is 0 Å². The highest BCUT2D eigenvalue weighted by Crippen LogP contribution is 2.28. The molecule has 0 bridgehead atoms. The molecule has 0 spiro atoms. The zero-order valence-corrected chi connectivity index (χ0v) is 15.6. The average molecular weight is 466 g/mol. The quantitative estimate of drug-likeness (QED) is 0.248. The molecule has 7 heteroatoms. The summed E-state index contributed by atoms with van der Waals surface area (Å²) in [6.45, 7) is 0. The summed E-state index contributed by atoms with van der Waals surface area (Å²) in [5, 5.41) is 28.1. The number of hydrogen-bond donors (Lipinski definition) is 3. The van der Waals surface area contributed by atoms with Gasteiger partial charge in [0.25, 0.3) is 0 Å². The van der Waals surface area contributed by atoms with Crippen molar-refractivity contribution in [1.29, 1.82) is 0 Å². The second kappa shape index (κ2) is 9.04. The van der Waals surface area contributed by atoms with E-state index in [1.54, 1.807) is 35.1 Å². The standard InChI is InChI=1S/C19H15IO6/c20-26-19-10-13(4-8-17(19)24)2-6-15(22)11-14(21)5-1-12-3-7-16(23)18(25)9-12/h1-10,23-25H,11H2/b5-1+,6-2+. The molecule has 0 aliphatic heterocycles. The lowest BCUT2D eigenvalue weighted by Gasteiger charge is -2.01. The van der Waals surface area contributed by atoms with Crippen molar-refractivity contribution in [2.24, 2.45) is 0 Å². The Kier molecular flexibility index (Phi) is 6.79. The normalized spacial score (nSPS) is 11.1. The minimum absolute atomic E-state index is 0.0107. The molecule has 0 radical (unpaired) electrons. The molecule has 2 aromatic rings. The second-order valence-corrected chi connectivity index (χ2v) is 5.77. The molecule has 0 saturated carbocycles. The third-order valence-electron chi connectivity index (χ3n) is 3.34. The molecule has 2 rings (SSSR count). The van der Waals surface area contributed by atoms with Gasteiger partial charge in [0.2, 0.25) is 0 Å². The van der Waals surface area contributed by atoms with E-state index in [1.165, 1.54) is 48.6 Å². The number of ketones is 2. The van der Waals surface area contributed by atoms with Gasteiger partial charge in [0.05, 0.1) is 6.42 Å². The van der Waals surface area contributed by atoms with Gasteiger partial charge < -0.3 is 18.4 Å². The molecule has 0 amide bonds. The van der Waals surface area contributed by atoms with Gasteiger partial charge in [-0.2, -0.15) is 0 Å². The van der Waals surface area contributed by atoms with Crippen LogP contribution in [0, 0.1) is 0 Å². The van der Waals surface area contributed by atoms with E-state index < -0.39 is 5.78 Å². The molecule has 134 valence electrons. The summed E-state index contributed by atoms with van der Waals surface area (Å²) >= 11 is 1.64. The number of rotatable bonds is 7. The highest BCUT2D eigenvalue weighted by Gasteiger charge is 2.05. The fourth-order valence-corrected chi connectivity index (χ4v) is 2.36. The molecule has 0 atom stereocenters. The summed E-state index contributed by atoms with van der Waals surface area (Å²) < 4.78 is 4.95. The Labute approximate surface area is 163 Å². The summed E-state index contributed by atoms with van der Waals surface area (Å²) in [5.74, 6) is -1.05. The lowest BCUT2D eigenvalue weighted by Crippen LogP contribution is -2.01. The number of halogens is 1. The largest absolute Gasteiger partial charge is 0.504 e. The topological polar surface area (TPSA) is 104 Å².